The predicted octanol–water partition coefficient (Wildman–Crippen LogP) is 2.26. The van der Waals surface area contributed by atoms with E-state index < -0.39 is 12.0 Å². The Kier molecular flexibility index (Phi) is 5.25. The minimum atomic E-state index is -0.690. The molecular formula is C19H24N4O3. The Hall–Kier alpha value is -2.83. The second kappa shape index (κ2) is 7.59. The third kappa shape index (κ3) is 3.42. The number of carbonyl (C=O) groups excluding carboxylic acids is 2. The second-order valence-electron chi connectivity index (χ2n) is 6.72. The van der Waals surface area contributed by atoms with Gasteiger partial charge >= 0.3 is 12.0 Å². The van der Waals surface area contributed by atoms with Crippen LogP contribution in [-0.4, -0.2) is 46.6 Å². The molecule has 2 aromatic rings. The van der Waals surface area contributed by atoms with Crippen LogP contribution in [0.1, 0.15) is 36.8 Å². The number of imidazole rings is 1. The van der Waals surface area contributed by atoms with Gasteiger partial charge in [0.2, 0.25) is 0 Å². The highest BCUT2D eigenvalue weighted by molar-refractivity contribution is 5.84. The van der Waals surface area contributed by atoms with Gasteiger partial charge < -0.3 is 19.9 Å². The van der Waals surface area contributed by atoms with Crippen LogP contribution in [0.3, 0.4) is 0 Å². The lowest BCUT2D eigenvalue weighted by molar-refractivity contribution is -0.144. The molecule has 1 aliphatic heterocycles. The number of fused-ring (bicyclic) bond motifs is 1. The molecule has 0 radical (unpaired) electrons. The number of amides is 2. The van der Waals surface area contributed by atoms with Gasteiger partial charge in [0, 0.05) is 18.7 Å². The Balaban J connectivity index is 1.90. The zero-order valence-electron chi connectivity index (χ0n) is 15.2. The van der Waals surface area contributed by atoms with Gasteiger partial charge in [0.15, 0.2) is 0 Å². The molecule has 2 atom stereocenters. The number of ether oxygens (including phenoxy) is 1. The monoisotopic (exact) mass is 356 g/mol. The topological polar surface area (TPSA) is 87.3 Å². The van der Waals surface area contributed by atoms with Gasteiger partial charge in [-0.2, -0.15) is 0 Å². The Bertz CT molecular complexity index is 772. The predicted molar refractivity (Wildman–Crippen MR) is 96.5 cm³/mol. The van der Waals surface area contributed by atoms with Gasteiger partial charge in [-0.3, -0.25) is 0 Å². The van der Waals surface area contributed by atoms with E-state index in [0.717, 1.165) is 17.0 Å². The average molecular weight is 356 g/mol. The lowest BCUT2D eigenvalue weighted by Crippen LogP contribution is -2.53. The van der Waals surface area contributed by atoms with Crippen molar-refractivity contribution in [3.8, 4) is 0 Å². The average Bonchev–Trinajstić information content (AvgIpc) is 3.13. The van der Waals surface area contributed by atoms with Gasteiger partial charge in [0.1, 0.15) is 12.1 Å². The number of hydrogen-bond acceptors (Lipinski definition) is 4. The van der Waals surface area contributed by atoms with E-state index in [4.69, 9.17) is 4.74 Å². The standard InChI is InChI=1S/C19H24N4O3/c1-12(2)15(18(24)26-3)22-19(25)23-10-9-14-16(21-11-20-14)17(23)13-7-5-4-6-8-13/h4-8,11-12,15,17H,9-10H2,1-3H3,(H,20,21)(H,22,25). The zero-order chi connectivity index (χ0) is 18.7. The molecule has 2 amide bonds. The number of benzene rings is 1. The summed E-state index contributed by atoms with van der Waals surface area (Å²) in [7, 11) is 1.33. The number of H-pyrrole nitrogens is 1. The molecule has 0 fully saturated rings. The van der Waals surface area contributed by atoms with Gasteiger partial charge in [-0.05, 0) is 11.5 Å². The van der Waals surface area contributed by atoms with Crippen molar-refractivity contribution >= 4 is 12.0 Å². The van der Waals surface area contributed by atoms with Gasteiger partial charge in [0.25, 0.3) is 0 Å². The number of methoxy groups -OCH3 is 1. The Morgan fingerprint density at radius 3 is 2.69 bits per heavy atom. The van der Waals surface area contributed by atoms with Gasteiger partial charge in [-0.1, -0.05) is 44.2 Å². The first-order chi connectivity index (χ1) is 12.5. The van der Waals surface area contributed by atoms with Crippen LogP contribution in [0.5, 0.6) is 0 Å². The molecule has 0 aliphatic carbocycles. The number of nitrogens with one attached hydrogen (secondary N) is 2. The van der Waals surface area contributed by atoms with Gasteiger partial charge in [0.05, 0.1) is 19.1 Å². The minimum absolute atomic E-state index is 0.0766. The molecule has 2 heterocycles. The quantitative estimate of drug-likeness (QED) is 0.823. The molecule has 138 valence electrons. The fourth-order valence-corrected chi connectivity index (χ4v) is 3.31. The summed E-state index contributed by atoms with van der Waals surface area (Å²) < 4.78 is 4.83. The maximum Gasteiger partial charge on any atom is 0.328 e. The number of rotatable bonds is 4. The first-order valence-electron chi connectivity index (χ1n) is 8.75. The van der Waals surface area contributed by atoms with Crippen LogP contribution in [-0.2, 0) is 16.0 Å². The van der Waals surface area contributed by atoms with Crippen molar-refractivity contribution in [3.63, 3.8) is 0 Å². The van der Waals surface area contributed by atoms with Crippen LogP contribution >= 0.6 is 0 Å². The first kappa shape index (κ1) is 18.0. The molecule has 2 unspecified atom stereocenters. The molecular weight excluding hydrogens is 332 g/mol. The van der Waals surface area contributed by atoms with Crippen molar-refractivity contribution in [2.45, 2.75) is 32.4 Å². The summed E-state index contributed by atoms with van der Waals surface area (Å²) in [5.41, 5.74) is 2.86. The summed E-state index contributed by atoms with van der Waals surface area (Å²) >= 11 is 0. The van der Waals surface area contributed by atoms with Crippen LogP contribution < -0.4 is 5.32 Å². The molecule has 0 spiro atoms. The van der Waals surface area contributed by atoms with E-state index in [1.165, 1.54) is 7.11 Å². The number of esters is 1. The lowest BCUT2D eigenvalue weighted by atomic mass is 9.96. The van der Waals surface area contributed by atoms with Crippen molar-refractivity contribution in [3.05, 3.63) is 53.6 Å². The molecule has 1 aromatic heterocycles. The fraction of sp³-hybridized carbons (Fsp3) is 0.421. The molecule has 1 aliphatic rings. The van der Waals surface area contributed by atoms with Crippen LogP contribution in [0.4, 0.5) is 4.79 Å². The van der Waals surface area contributed by atoms with E-state index in [9.17, 15) is 9.59 Å². The summed E-state index contributed by atoms with van der Waals surface area (Å²) in [6.07, 6.45) is 2.35. The van der Waals surface area contributed by atoms with Gasteiger partial charge in [-0.25, -0.2) is 14.6 Å². The van der Waals surface area contributed by atoms with Crippen LogP contribution in [0, 0.1) is 5.92 Å². The van der Waals surface area contributed by atoms with E-state index in [1.807, 2.05) is 44.2 Å². The molecule has 7 nitrogen and oxygen atoms in total. The van der Waals surface area contributed by atoms with Crippen LogP contribution in [0.15, 0.2) is 36.7 Å². The fourth-order valence-electron chi connectivity index (χ4n) is 3.31. The highest BCUT2D eigenvalue weighted by Gasteiger charge is 2.36. The number of aromatic nitrogens is 2. The lowest BCUT2D eigenvalue weighted by Gasteiger charge is -2.36. The SMILES string of the molecule is COC(=O)C(NC(=O)N1CCc2[nH]cnc2C1c1ccccc1)C(C)C. The molecule has 0 saturated carbocycles. The molecule has 7 heteroatoms. The third-order valence-corrected chi connectivity index (χ3v) is 4.70. The maximum atomic E-state index is 13.0. The van der Waals surface area contributed by atoms with E-state index in [2.05, 4.69) is 15.3 Å². The van der Waals surface area contributed by atoms with Crippen LogP contribution in [0.2, 0.25) is 0 Å². The molecule has 0 saturated heterocycles. The summed E-state index contributed by atoms with van der Waals surface area (Å²) in [4.78, 5) is 34.4. The van der Waals surface area contributed by atoms with E-state index in [1.54, 1.807) is 11.2 Å². The van der Waals surface area contributed by atoms with Crippen molar-refractivity contribution in [1.82, 2.24) is 20.2 Å². The molecule has 26 heavy (non-hydrogen) atoms. The zero-order valence-corrected chi connectivity index (χ0v) is 15.2. The molecule has 2 N–H and O–H groups in total. The largest absolute Gasteiger partial charge is 0.467 e. The number of nitrogens with zero attached hydrogens (tertiary/aromatic N) is 2. The summed E-state index contributed by atoms with van der Waals surface area (Å²) in [5, 5.41) is 2.83. The molecule has 0 bridgehead atoms. The van der Waals surface area contributed by atoms with E-state index in [-0.39, 0.29) is 18.0 Å². The first-order valence-corrected chi connectivity index (χ1v) is 8.75. The smallest absolute Gasteiger partial charge is 0.328 e. The number of carbonyl (C=O) groups is 2. The Morgan fingerprint density at radius 2 is 2.04 bits per heavy atom. The third-order valence-electron chi connectivity index (χ3n) is 4.70. The summed E-state index contributed by atoms with van der Waals surface area (Å²) in [6.45, 7) is 4.28. The second-order valence-corrected chi connectivity index (χ2v) is 6.72. The van der Waals surface area contributed by atoms with Crippen molar-refractivity contribution < 1.29 is 14.3 Å². The van der Waals surface area contributed by atoms with Crippen molar-refractivity contribution in [2.24, 2.45) is 5.92 Å². The van der Waals surface area contributed by atoms with Crippen molar-refractivity contribution in [1.29, 1.82) is 0 Å². The minimum Gasteiger partial charge on any atom is -0.467 e. The molecule has 3 rings (SSSR count). The van der Waals surface area contributed by atoms with Crippen molar-refractivity contribution in [2.75, 3.05) is 13.7 Å². The highest BCUT2D eigenvalue weighted by atomic mass is 16.5. The van der Waals surface area contributed by atoms with Gasteiger partial charge in [-0.15, -0.1) is 0 Å². The molecule has 1 aromatic carbocycles. The Morgan fingerprint density at radius 1 is 1.31 bits per heavy atom. The van der Waals surface area contributed by atoms with E-state index >= 15 is 0 Å². The number of hydrogen-bond donors (Lipinski definition) is 2. The number of urea groups is 1. The maximum absolute atomic E-state index is 13.0. The Labute approximate surface area is 152 Å². The normalized spacial score (nSPS) is 17.5. The van der Waals surface area contributed by atoms with Crippen LogP contribution in [0.25, 0.3) is 0 Å². The van der Waals surface area contributed by atoms with E-state index in [0.29, 0.717) is 13.0 Å². The highest BCUT2D eigenvalue weighted by Crippen LogP contribution is 2.33. The summed E-state index contributed by atoms with van der Waals surface area (Å²) in [6, 6.07) is 8.51. The number of aromatic amines is 1. The summed E-state index contributed by atoms with van der Waals surface area (Å²) in [5.74, 6) is -0.519.